The Morgan fingerprint density at radius 3 is 2.18 bits per heavy atom. The molecule has 0 aliphatic carbocycles. The maximum atomic E-state index is 12.2. The number of carbonyl (C=O) groups is 1. The third kappa shape index (κ3) is 3.80. The largest absolute Gasteiger partial charge is 0.298 e. The van der Waals surface area contributed by atoms with Gasteiger partial charge in [0.15, 0.2) is 5.78 Å². The summed E-state index contributed by atoms with van der Waals surface area (Å²) in [6, 6.07) is 0.665. The van der Waals surface area contributed by atoms with E-state index in [1.165, 1.54) is 6.42 Å². The summed E-state index contributed by atoms with van der Waals surface area (Å²) in [7, 11) is 0. The van der Waals surface area contributed by atoms with Gasteiger partial charge in [-0.3, -0.25) is 9.69 Å². The lowest BCUT2D eigenvalue weighted by atomic mass is 9.92. The number of carbonyl (C=O) groups excluding carboxylic acids is 1. The normalized spacial score (nSPS) is 26.4. The summed E-state index contributed by atoms with van der Waals surface area (Å²) in [4.78, 5) is 14.7. The van der Waals surface area contributed by atoms with Crippen LogP contribution in [0.1, 0.15) is 54.4 Å². The molecule has 1 aliphatic heterocycles. The number of nitrogens with zero attached hydrogens (tertiary/aromatic N) is 1. The Balaban J connectivity index is 2.70. The number of ketones is 1. The second-order valence-corrected chi connectivity index (χ2v) is 6.59. The van der Waals surface area contributed by atoms with Crippen LogP contribution >= 0.6 is 0 Å². The Labute approximate surface area is 107 Å². The smallest absolute Gasteiger partial charge is 0.152 e. The van der Waals surface area contributed by atoms with Crippen LogP contribution in [-0.4, -0.2) is 29.3 Å². The summed E-state index contributed by atoms with van der Waals surface area (Å²) in [6.07, 6.45) is 2.33. The summed E-state index contributed by atoms with van der Waals surface area (Å²) in [5, 5.41) is 0. The van der Waals surface area contributed by atoms with E-state index in [2.05, 4.69) is 32.6 Å². The summed E-state index contributed by atoms with van der Waals surface area (Å²) < 4.78 is 0. The molecule has 1 saturated heterocycles. The van der Waals surface area contributed by atoms with Gasteiger partial charge in [0.2, 0.25) is 0 Å². The van der Waals surface area contributed by atoms with Gasteiger partial charge >= 0.3 is 0 Å². The predicted octanol–water partition coefficient (Wildman–Crippen LogP) is 3.36. The van der Waals surface area contributed by atoms with Crippen molar-refractivity contribution >= 4 is 5.78 Å². The molecule has 100 valence electrons. The quantitative estimate of drug-likeness (QED) is 0.733. The van der Waals surface area contributed by atoms with Gasteiger partial charge in [0.25, 0.3) is 0 Å². The first-order valence-electron chi connectivity index (χ1n) is 7.12. The monoisotopic (exact) mass is 239 g/mol. The van der Waals surface area contributed by atoms with Gasteiger partial charge in [0.1, 0.15) is 0 Å². The minimum absolute atomic E-state index is 0.166. The topological polar surface area (TPSA) is 20.3 Å². The average Bonchev–Trinajstić information content (AvgIpc) is 2.59. The molecule has 0 amide bonds. The number of hydrogen-bond acceptors (Lipinski definition) is 2. The third-order valence-corrected chi connectivity index (χ3v) is 3.79. The fraction of sp³-hybridized carbons (Fsp3) is 0.933. The van der Waals surface area contributed by atoms with Gasteiger partial charge in [-0.1, -0.05) is 27.7 Å². The van der Waals surface area contributed by atoms with E-state index in [9.17, 15) is 4.79 Å². The highest BCUT2D eigenvalue weighted by Gasteiger charge is 2.38. The van der Waals surface area contributed by atoms with Crippen molar-refractivity contribution in [3.63, 3.8) is 0 Å². The molecule has 2 heteroatoms. The highest BCUT2D eigenvalue weighted by atomic mass is 16.1. The van der Waals surface area contributed by atoms with Gasteiger partial charge in [-0.15, -0.1) is 0 Å². The second kappa shape index (κ2) is 5.99. The molecule has 1 fully saturated rings. The number of rotatable bonds is 5. The van der Waals surface area contributed by atoms with Crippen molar-refractivity contribution in [2.75, 3.05) is 6.54 Å². The molecule has 0 spiro atoms. The summed E-state index contributed by atoms with van der Waals surface area (Å²) in [5.74, 6) is 2.05. The van der Waals surface area contributed by atoms with Gasteiger partial charge < -0.3 is 0 Å². The molecule has 1 rings (SSSR count). The first-order chi connectivity index (χ1) is 7.82. The standard InChI is InChI=1S/C15H29NO/c1-10(2)7-13-8-14(15(17)11(3)4)16(9-13)12(5)6/h10-14H,7-9H2,1-6H3/t13-,14+/m1/s1. The van der Waals surface area contributed by atoms with Crippen LogP contribution in [0, 0.1) is 17.8 Å². The zero-order valence-electron chi connectivity index (χ0n) is 12.4. The molecule has 1 heterocycles. The zero-order valence-corrected chi connectivity index (χ0v) is 12.4. The predicted molar refractivity (Wildman–Crippen MR) is 73.0 cm³/mol. The fourth-order valence-corrected chi connectivity index (χ4v) is 3.02. The van der Waals surface area contributed by atoms with Crippen molar-refractivity contribution in [2.24, 2.45) is 17.8 Å². The highest BCUT2D eigenvalue weighted by Crippen LogP contribution is 2.31. The molecule has 0 unspecified atom stereocenters. The van der Waals surface area contributed by atoms with E-state index in [0.717, 1.165) is 18.9 Å². The zero-order chi connectivity index (χ0) is 13.2. The number of hydrogen-bond donors (Lipinski definition) is 0. The van der Waals surface area contributed by atoms with Crippen LogP contribution in [0.4, 0.5) is 0 Å². The Morgan fingerprint density at radius 2 is 1.76 bits per heavy atom. The van der Waals surface area contributed by atoms with Gasteiger partial charge in [-0.2, -0.15) is 0 Å². The minimum atomic E-state index is 0.166. The van der Waals surface area contributed by atoms with Crippen LogP contribution < -0.4 is 0 Å². The van der Waals surface area contributed by atoms with E-state index < -0.39 is 0 Å². The van der Waals surface area contributed by atoms with Crippen molar-refractivity contribution in [3.05, 3.63) is 0 Å². The van der Waals surface area contributed by atoms with Crippen LogP contribution in [-0.2, 0) is 4.79 Å². The average molecular weight is 239 g/mol. The molecule has 0 radical (unpaired) electrons. The molecule has 17 heavy (non-hydrogen) atoms. The van der Waals surface area contributed by atoms with E-state index >= 15 is 0 Å². The second-order valence-electron chi connectivity index (χ2n) is 6.59. The summed E-state index contributed by atoms with van der Waals surface area (Å²) in [6.45, 7) is 14.1. The maximum Gasteiger partial charge on any atom is 0.152 e. The molecular weight excluding hydrogens is 210 g/mol. The molecule has 0 aromatic heterocycles. The van der Waals surface area contributed by atoms with Crippen LogP contribution in [0.5, 0.6) is 0 Å². The molecule has 1 aliphatic rings. The molecule has 0 saturated carbocycles. The Kier molecular flexibility index (Phi) is 5.18. The van der Waals surface area contributed by atoms with Crippen molar-refractivity contribution < 1.29 is 4.79 Å². The lowest BCUT2D eigenvalue weighted by Gasteiger charge is -2.28. The Bertz CT molecular complexity index is 258. The van der Waals surface area contributed by atoms with Gasteiger partial charge in [-0.05, 0) is 38.5 Å². The lowest BCUT2D eigenvalue weighted by molar-refractivity contribution is -0.126. The van der Waals surface area contributed by atoms with E-state index in [0.29, 0.717) is 17.7 Å². The van der Waals surface area contributed by atoms with E-state index in [1.54, 1.807) is 0 Å². The van der Waals surface area contributed by atoms with Crippen molar-refractivity contribution in [1.82, 2.24) is 4.90 Å². The molecule has 0 aromatic carbocycles. The third-order valence-electron chi connectivity index (χ3n) is 3.79. The first-order valence-corrected chi connectivity index (χ1v) is 7.12. The maximum absolute atomic E-state index is 12.2. The molecule has 0 aromatic rings. The summed E-state index contributed by atoms with van der Waals surface area (Å²) in [5.41, 5.74) is 0. The van der Waals surface area contributed by atoms with E-state index in [4.69, 9.17) is 0 Å². The summed E-state index contributed by atoms with van der Waals surface area (Å²) >= 11 is 0. The molecule has 2 atom stereocenters. The van der Waals surface area contributed by atoms with Gasteiger partial charge in [-0.25, -0.2) is 0 Å². The molecule has 2 nitrogen and oxygen atoms in total. The van der Waals surface area contributed by atoms with Gasteiger partial charge in [0.05, 0.1) is 6.04 Å². The van der Waals surface area contributed by atoms with Crippen LogP contribution in [0.25, 0.3) is 0 Å². The van der Waals surface area contributed by atoms with Crippen molar-refractivity contribution in [1.29, 1.82) is 0 Å². The number of likely N-dealkylation sites (tertiary alicyclic amines) is 1. The Hall–Kier alpha value is -0.370. The number of Topliss-reactive ketones (excluding diaryl/α,β-unsaturated/α-hetero) is 1. The first kappa shape index (κ1) is 14.7. The lowest BCUT2D eigenvalue weighted by Crippen LogP contribution is -2.42. The van der Waals surface area contributed by atoms with Crippen molar-refractivity contribution in [2.45, 2.75) is 66.5 Å². The van der Waals surface area contributed by atoms with Crippen LogP contribution in [0.3, 0.4) is 0 Å². The highest BCUT2D eigenvalue weighted by molar-refractivity contribution is 5.86. The molecule has 0 N–H and O–H groups in total. The van der Waals surface area contributed by atoms with E-state index in [1.807, 2.05) is 13.8 Å². The fourth-order valence-electron chi connectivity index (χ4n) is 3.02. The van der Waals surface area contributed by atoms with Crippen LogP contribution in [0.15, 0.2) is 0 Å². The molecule has 0 bridgehead atoms. The minimum Gasteiger partial charge on any atom is -0.298 e. The van der Waals surface area contributed by atoms with Crippen molar-refractivity contribution in [3.8, 4) is 0 Å². The SMILES string of the molecule is CC(C)C[C@@H]1C[C@@H](C(=O)C(C)C)N(C(C)C)C1. The van der Waals surface area contributed by atoms with E-state index in [-0.39, 0.29) is 12.0 Å². The Morgan fingerprint density at radius 1 is 1.18 bits per heavy atom. The molecular formula is C15H29NO. The van der Waals surface area contributed by atoms with Crippen LogP contribution in [0.2, 0.25) is 0 Å². The van der Waals surface area contributed by atoms with Gasteiger partial charge in [0, 0.05) is 18.5 Å².